The van der Waals surface area contributed by atoms with Crippen molar-refractivity contribution in [1.82, 2.24) is 20.1 Å². The van der Waals surface area contributed by atoms with Gasteiger partial charge in [0.05, 0.1) is 21.3 Å². The third kappa shape index (κ3) is 5.08. The lowest BCUT2D eigenvalue weighted by molar-refractivity contribution is 0.174. The molecule has 170 valence electrons. The van der Waals surface area contributed by atoms with E-state index in [4.69, 9.17) is 11.6 Å². The molecule has 8 nitrogen and oxygen atoms in total. The van der Waals surface area contributed by atoms with Crippen molar-refractivity contribution < 1.29 is 22.7 Å². The predicted molar refractivity (Wildman–Crippen MR) is 116 cm³/mol. The fourth-order valence-corrected chi connectivity index (χ4v) is 4.64. The van der Waals surface area contributed by atoms with Gasteiger partial charge in [-0.05, 0) is 35.7 Å². The average molecular weight is 481 g/mol. The minimum absolute atomic E-state index is 0.0406. The molecule has 2 N–H and O–H groups in total. The topological polar surface area (TPSA) is 114 Å². The van der Waals surface area contributed by atoms with Crippen molar-refractivity contribution >= 4 is 27.5 Å². The normalized spacial score (nSPS) is 13.0. The summed E-state index contributed by atoms with van der Waals surface area (Å²) in [4.78, 5) is 15.1. The molecule has 1 unspecified atom stereocenters. The van der Waals surface area contributed by atoms with E-state index in [0.717, 1.165) is 16.8 Å². The Balaban J connectivity index is 2.18. The summed E-state index contributed by atoms with van der Waals surface area (Å²) < 4.78 is 41.7. The Morgan fingerprint density at radius 3 is 2.59 bits per heavy atom. The predicted octanol–water partition coefficient (Wildman–Crippen LogP) is 4.12. The second kappa shape index (κ2) is 8.87. The number of carbonyl (C=O) groups is 1. The lowest BCUT2D eigenvalue weighted by Gasteiger charge is -2.29. The van der Waals surface area contributed by atoms with Crippen molar-refractivity contribution in [3.63, 3.8) is 0 Å². The number of nitrogens with zero attached hydrogens (tertiary/aromatic N) is 3. The van der Waals surface area contributed by atoms with E-state index >= 15 is 0 Å². The van der Waals surface area contributed by atoms with Gasteiger partial charge in [-0.2, -0.15) is 5.10 Å². The van der Waals surface area contributed by atoms with Gasteiger partial charge in [-0.15, -0.1) is 0 Å². The molecule has 1 amide bonds. The van der Waals surface area contributed by atoms with E-state index < -0.39 is 33.2 Å². The Labute approximate surface area is 190 Å². The van der Waals surface area contributed by atoms with E-state index in [1.54, 1.807) is 0 Å². The van der Waals surface area contributed by atoms with E-state index in [1.807, 2.05) is 20.8 Å². The zero-order chi connectivity index (χ0) is 23.7. The Morgan fingerprint density at radius 1 is 1.28 bits per heavy atom. The highest BCUT2D eigenvalue weighted by Gasteiger charge is 2.31. The van der Waals surface area contributed by atoms with Crippen molar-refractivity contribution in [3.8, 4) is 5.69 Å². The molecule has 0 aliphatic carbocycles. The van der Waals surface area contributed by atoms with Gasteiger partial charge in [0.1, 0.15) is 5.82 Å². The first-order chi connectivity index (χ1) is 14.9. The van der Waals surface area contributed by atoms with Gasteiger partial charge in [0.15, 0.2) is 5.03 Å². The van der Waals surface area contributed by atoms with Gasteiger partial charge in [0.25, 0.3) is 0 Å². The molecule has 0 saturated heterocycles. The van der Waals surface area contributed by atoms with Crippen molar-refractivity contribution in [1.29, 1.82) is 0 Å². The zero-order valence-corrected chi connectivity index (χ0v) is 19.2. The second-order valence-corrected chi connectivity index (χ2v) is 10.5. The van der Waals surface area contributed by atoms with E-state index in [-0.39, 0.29) is 27.1 Å². The van der Waals surface area contributed by atoms with E-state index in [0.29, 0.717) is 5.69 Å². The molecule has 3 aromatic rings. The molecule has 2 heterocycles. The maximum Gasteiger partial charge on any atom is 0.404 e. The summed E-state index contributed by atoms with van der Waals surface area (Å²) in [5, 5.41) is 15.9. The van der Waals surface area contributed by atoms with Crippen LogP contribution in [0.15, 0.2) is 58.7 Å². The van der Waals surface area contributed by atoms with Gasteiger partial charge in [-0.25, -0.2) is 22.3 Å². The molecule has 0 radical (unpaired) electrons. The third-order valence-corrected chi connectivity index (χ3v) is 6.86. The van der Waals surface area contributed by atoms with Crippen LogP contribution in [-0.2, 0) is 16.3 Å². The quantitative estimate of drug-likeness (QED) is 0.548. The number of nitrogens with one attached hydrogen (secondary N) is 1. The summed E-state index contributed by atoms with van der Waals surface area (Å²) in [6.07, 6.45) is 1.53. The fraction of sp³-hybridized carbons (Fsp3) is 0.286. The molecule has 0 aliphatic rings. The van der Waals surface area contributed by atoms with Gasteiger partial charge < -0.3 is 10.4 Å². The molecule has 0 bridgehead atoms. The summed E-state index contributed by atoms with van der Waals surface area (Å²) in [5.41, 5.74) is -0.151. The number of halogens is 2. The maximum atomic E-state index is 14.0. The zero-order valence-electron chi connectivity index (χ0n) is 17.6. The number of benzene rings is 1. The highest BCUT2D eigenvalue weighted by Crippen LogP contribution is 2.30. The standard InChI is InChI=1S/C21H22ClFN4O4S/c1-21(2,3)18(25-20(28)29)10-14-11-19(32(30,31)15-5-4-8-24-12-15)27(26-14)17-9-13(23)6-7-16(17)22/h4-9,11-12,18,25H,10H2,1-3H3,(H,28,29). The molecule has 32 heavy (non-hydrogen) atoms. The first kappa shape index (κ1) is 23.7. The van der Waals surface area contributed by atoms with Crippen LogP contribution < -0.4 is 5.32 Å². The van der Waals surface area contributed by atoms with E-state index in [2.05, 4.69) is 15.4 Å². The first-order valence-corrected chi connectivity index (χ1v) is 11.4. The first-order valence-electron chi connectivity index (χ1n) is 9.58. The molecular weight excluding hydrogens is 459 g/mol. The number of hydrogen-bond donors (Lipinski definition) is 2. The number of aromatic nitrogens is 3. The van der Waals surface area contributed by atoms with Crippen LogP contribution >= 0.6 is 11.6 Å². The van der Waals surface area contributed by atoms with Crippen LogP contribution in [0.1, 0.15) is 26.5 Å². The minimum Gasteiger partial charge on any atom is -0.465 e. The van der Waals surface area contributed by atoms with Crippen LogP contribution in [0, 0.1) is 11.2 Å². The van der Waals surface area contributed by atoms with Crippen molar-refractivity contribution in [2.45, 2.75) is 43.2 Å². The average Bonchev–Trinajstić information content (AvgIpc) is 3.13. The van der Waals surface area contributed by atoms with Crippen LogP contribution in [0.4, 0.5) is 9.18 Å². The molecule has 0 fully saturated rings. The number of sulfone groups is 1. The Kier molecular flexibility index (Phi) is 6.56. The fourth-order valence-electron chi connectivity index (χ4n) is 3.08. The van der Waals surface area contributed by atoms with Gasteiger partial charge in [-0.3, -0.25) is 4.98 Å². The number of pyridine rings is 1. The molecule has 1 atom stereocenters. The molecule has 1 aromatic carbocycles. The van der Waals surface area contributed by atoms with Crippen LogP contribution in [0.3, 0.4) is 0 Å². The lowest BCUT2D eigenvalue weighted by Crippen LogP contribution is -2.44. The van der Waals surface area contributed by atoms with E-state index in [1.165, 1.54) is 36.7 Å². The summed E-state index contributed by atoms with van der Waals surface area (Å²) in [6.45, 7) is 5.55. The monoisotopic (exact) mass is 480 g/mol. The highest BCUT2D eigenvalue weighted by molar-refractivity contribution is 7.91. The third-order valence-electron chi connectivity index (χ3n) is 4.84. The van der Waals surface area contributed by atoms with Gasteiger partial charge in [0.2, 0.25) is 9.84 Å². The van der Waals surface area contributed by atoms with Crippen LogP contribution in [-0.4, -0.2) is 40.4 Å². The lowest BCUT2D eigenvalue weighted by atomic mass is 9.84. The second-order valence-electron chi connectivity index (χ2n) is 8.25. The summed E-state index contributed by atoms with van der Waals surface area (Å²) in [5.74, 6) is -0.619. The number of rotatable bonds is 6. The Hall–Kier alpha value is -2.98. The molecular formula is C21H22ClFN4O4S. The summed E-state index contributed by atoms with van der Waals surface area (Å²) >= 11 is 6.23. The Bertz CT molecular complexity index is 1240. The molecule has 0 saturated carbocycles. The number of hydrogen-bond acceptors (Lipinski definition) is 5. The molecule has 0 spiro atoms. The largest absolute Gasteiger partial charge is 0.465 e. The number of amides is 1. The molecule has 0 aliphatic heterocycles. The summed E-state index contributed by atoms with van der Waals surface area (Å²) in [6, 6.07) is 7.17. The van der Waals surface area contributed by atoms with Crippen LogP contribution in [0.25, 0.3) is 5.69 Å². The van der Waals surface area contributed by atoms with Gasteiger partial charge in [0, 0.05) is 30.9 Å². The summed E-state index contributed by atoms with van der Waals surface area (Å²) in [7, 11) is -4.10. The van der Waals surface area contributed by atoms with Crippen molar-refractivity contribution in [2.75, 3.05) is 0 Å². The van der Waals surface area contributed by atoms with E-state index in [9.17, 15) is 22.7 Å². The molecule has 11 heteroatoms. The minimum atomic E-state index is -4.10. The molecule has 3 rings (SSSR count). The van der Waals surface area contributed by atoms with Gasteiger partial charge in [-0.1, -0.05) is 32.4 Å². The maximum absolute atomic E-state index is 14.0. The van der Waals surface area contributed by atoms with Crippen molar-refractivity contribution in [3.05, 3.63) is 65.3 Å². The smallest absolute Gasteiger partial charge is 0.404 e. The van der Waals surface area contributed by atoms with Crippen LogP contribution in [0.5, 0.6) is 0 Å². The number of carboxylic acid groups (broad SMARTS) is 1. The Morgan fingerprint density at radius 2 is 2.00 bits per heavy atom. The van der Waals surface area contributed by atoms with Gasteiger partial charge >= 0.3 is 6.09 Å². The SMILES string of the molecule is CC(C)(C)C(Cc1cc(S(=O)(=O)c2cccnc2)n(-c2cc(F)ccc2Cl)n1)NC(=O)O. The van der Waals surface area contributed by atoms with Crippen molar-refractivity contribution in [2.24, 2.45) is 5.41 Å². The van der Waals surface area contributed by atoms with Crippen LogP contribution in [0.2, 0.25) is 5.02 Å². The molecule has 2 aromatic heterocycles. The highest BCUT2D eigenvalue weighted by atomic mass is 35.5.